The molecule has 86 valence electrons. The summed E-state index contributed by atoms with van der Waals surface area (Å²) < 4.78 is 1.36. The van der Waals surface area contributed by atoms with Crippen LogP contribution in [0.1, 0.15) is 20.3 Å². The van der Waals surface area contributed by atoms with Crippen LogP contribution in [0.5, 0.6) is 0 Å². The molecule has 0 unspecified atom stereocenters. The van der Waals surface area contributed by atoms with Crippen molar-refractivity contribution in [2.45, 2.75) is 26.8 Å². The zero-order valence-electron chi connectivity index (χ0n) is 9.20. The van der Waals surface area contributed by atoms with Crippen molar-refractivity contribution in [2.24, 2.45) is 5.41 Å². The third-order valence-corrected chi connectivity index (χ3v) is 2.61. The van der Waals surface area contributed by atoms with E-state index in [0.717, 1.165) is 0 Å². The standard InChI is InChI=1S/C10H13ClN4O/c1-10(2,5-12)3-4-15-6-14-8(11)7(13)9(15)16/h6H,3-4,13H2,1-2H3. The first-order valence-corrected chi connectivity index (χ1v) is 5.17. The first kappa shape index (κ1) is 12.5. The SMILES string of the molecule is CC(C)(C#N)CCn1cnc(Cl)c(N)c1=O. The van der Waals surface area contributed by atoms with Crippen molar-refractivity contribution in [2.75, 3.05) is 5.73 Å². The molecule has 0 saturated heterocycles. The van der Waals surface area contributed by atoms with Crippen LogP contribution in [0.25, 0.3) is 0 Å². The summed E-state index contributed by atoms with van der Waals surface area (Å²) in [6, 6.07) is 2.16. The predicted octanol–water partition coefficient (Wildman–Crippen LogP) is 1.42. The third-order valence-electron chi connectivity index (χ3n) is 2.30. The van der Waals surface area contributed by atoms with E-state index >= 15 is 0 Å². The smallest absolute Gasteiger partial charge is 0.278 e. The van der Waals surface area contributed by atoms with Crippen LogP contribution in [0.3, 0.4) is 0 Å². The maximum atomic E-state index is 11.6. The van der Waals surface area contributed by atoms with Gasteiger partial charge >= 0.3 is 0 Å². The Morgan fingerprint density at radius 2 is 2.31 bits per heavy atom. The van der Waals surface area contributed by atoms with Gasteiger partial charge in [-0.15, -0.1) is 0 Å². The molecule has 0 amide bonds. The van der Waals surface area contributed by atoms with Crippen LogP contribution in [-0.2, 0) is 6.54 Å². The highest BCUT2D eigenvalue weighted by atomic mass is 35.5. The van der Waals surface area contributed by atoms with Gasteiger partial charge in [0.25, 0.3) is 5.56 Å². The number of nitriles is 1. The summed E-state index contributed by atoms with van der Waals surface area (Å²) in [5, 5.41) is 8.86. The lowest BCUT2D eigenvalue weighted by atomic mass is 9.91. The van der Waals surface area contributed by atoms with E-state index in [-0.39, 0.29) is 16.4 Å². The highest BCUT2D eigenvalue weighted by Crippen LogP contribution is 2.19. The van der Waals surface area contributed by atoms with E-state index in [1.807, 2.05) is 13.8 Å². The van der Waals surface area contributed by atoms with Crippen LogP contribution in [-0.4, -0.2) is 9.55 Å². The van der Waals surface area contributed by atoms with Gasteiger partial charge in [-0.05, 0) is 20.3 Å². The molecule has 2 N–H and O–H groups in total. The second-order valence-corrected chi connectivity index (χ2v) is 4.55. The summed E-state index contributed by atoms with van der Waals surface area (Å²) in [6.45, 7) is 4.02. The molecular weight excluding hydrogens is 228 g/mol. The summed E-state index contributed by atoms with van der Waals surface area (Å²) >= 11 is 5.60. The number of halogens is 1. The Bertz CT molecular complexity index is 487. The number of rotatable bonds is 3. The number of nitrogens with two attached hydrogens (primary N) is 1. The average Bonchev–Trinajstić information content (AvgIpc) is 2.25. The Hall–Kier alpha value is -1.54. The fourth-order valence-corrected chi connectivity index (χ4v) is 1.22. The topological polar surface area (TPSA) is 84.7 Å². The second-order valence-electron chi connectivity index (χ2n) is 4.19. The van der Waals surface area contributed by atoms with Crippen LogP contribution in [0, 0.1) is 16.7 Å². The molecule has 1 heterocycles. The molecule has 0 aliphatic rings. The number of nitrogens with zero attached hydrogens (tertiary/aromatic N) is 3. The zero-order chi connectivity index (χ0) is 12.3. The van der Waals surface area contributed by atoms with Crippen molar-refractivity contribution in [1.82, 2.24) is 9.55 Å². The predicted molar refractivity (Wildman–Crippen MR) is 61.9 cm³/mol. The molecule has 16 heavy (non-hydrogen) atoms. The lowest BCUT2D eigenvalue weighted by molar-refractivity contribution is 0.408. The number of hydrogen-bond donors (Lipinski definition) is 1. The van der Waals surface area contributed by atoms with Crippen LogP contribution >= 0.6 is 11.6 Å². The van der Waals surface area contributed by atoms with E-state index in [2.05, 4.69) is 11.1 Å². The van der Waals surface area contributed by atoms with Crippen LogP contribution in [0.15, 0.2) is 11.1 Å². The molecule has 0 atom stereocenters. The molecule has 1 aromatic heterocycles. The number of nitrogen functional groups attached to an aromatic ring is 1. The monoisotopic (exact) mass is 240 g/mol. The summed E-state index contributed by atoms with van der Waals surface area (Å²) in [6.07, 6.45) is 1.89. The van der Waals surface area contributed by atoms with Crippen molar-refractivity contribution in [1.29, 1.82) is 5.26 Å². The first-order valence-electron chi connectivity index (χ1n) is 4.79. The molecule has 0 aromatic carbocycles. The average molecular weight is 241 g/mol. The Balaban J connectivity index is 2.89. The van der Waals surface area contributed by atoms with E-state index in [1.165, 1.54) is 10.9 Å². The largest absolute Gasteiger partial charge is 0.392 e. The van der Waals surface area contributed by atoms with E-state index in [4.69, 9.17) is 22.6 Å². The minimum atomic E-state index is -0.478. The van der Waals surface area contributed by atoms with E-state index in [9.17, 15) is 4.79 Å². The quantitative estimate of drug-likeness (QED) is 0.810. The summed E-state index contributed by atoms with van der Waals surface area (Å²) in [7, 11) is 0. The highest BCUT2D eigenvalue weighted by Gasteiger charge is 2.17. The molecule has 6 heteroatoms. The van der Waals surface area contributed by atoms with Crippen molar-refractivity contribution >= 4 is 17.3 Å². The van der Waals surface area contributed by atoms with Crippen molar-refractivity contribution in [3.8, 4) is 6.07 Å². The Labute approximate surface area is 98.5 Å². The summed E-state index contributed by atoms with van der Waals surface area (Å²) in [5.41, 5.74) is 4.56. The van der Waals surface area contributed by atoms with Gasteiger partial charge < -0.3 is 5.73 Å². The number of aryl methyl sites for hydroxylation is 1. The van der Waals surface area contributed by atoms with Gasteiger partial charge in [-0.3, -0.25) is 9.36 Å². The molecule has 1 aromatic rings. The Morgan fingerprint density at radius 3 is 2.88 bits per heavy atom. The zero-order valence-corrected chi connectivity index (χ0v) is 9.95. The molecule has 5 nitrogen and oxygen atoms in total. The summed E-state index contributed by atoms with van der Waals surface area (Å²) in [4.78, 5) is 15.4. The maximum Gasteiger partial charge on any atom is 0.278 e. The van der Waals surface area contributed by atoms with E-state index in [1.54, 1.807) is 0 Å². The Morgan fingerprint density at radius 1 is 1.69 bits per heavy atom. The minimum Gasteiger partial charge on any atom is -0.392 e. The normalized spacial score (nSPS) is 11.1. The van der Waals surface area contributed by atoms with Crippen LogP contribution in [0.2, 0.25) is 5.15 Å². The second kappa shape index (κ2) is 4.54. The van der Waals surface area contributed by atoms with Crippen molar-refractivity contribution < 1.29 is 0 Å². The summed E-state index contributed by atoms with van der Waals surface area (Å²) in [5.74, 6) is 0. The molecule has 1 rings (SSSR count). The molecular formula is C10H13ClN4O. The fraction of sp³-hybridized carbons (Fsp3) is 0.500. The van der Waals surface area contributed by atoms with Gasteiger partial charge in [-0.2, -0.15) is 5.26 Å². The van der Waals surface area contributed by atoms with Crippen LogP contribution in [0.4, 0.5) is 5.69 Å². The van der Waals surface area contributed by atoms with Gasteiger partial charge in [0, 0.05) is 6.54 Å². The van der Waals surface area contributed by atoms with E-state index in [0.29, 0.717) is 13.0 Å². The fourth-order valence-electron chi connectivity index (χ4n) is 1.10. The van der Waals surface area contributed by atoms with E-state index < -0.39 is 5.41 Å². The molecule has 0 fully saturated rings. The number of anilines is 1. The lowest BCUT2D eigenvalue weighted by Crippen LogP contribution is -2.25. The van der Waals surface area contributed by atoms with Gasteiger partial charge in [-0.25, -0.2) is 4.98 Å². The third kappa shape index (κ3) is 2.74. The lowest BCUT2D eigenvalue weighted by Gasteiger charge is -2.15. The molecule has 0 aliphatic heterocycles. The molecule has 0 saturated carbocycles. The van der Waals surface area contributed by atoms with Crippen molar-refractivity contribution in [3.63, 3.8) is 0 Å². The molecule has 0 spiro atoms. The van der Waals surface area contributed by atoms with Gasteiger partial charge in [0.2, 0.25) is 0 Å². The van der Waals surface area contributed by atoms with Gasteiger partial charge in [0.05, 0.1) is 17.8 Å². The minimum absolute atomic E-state index is 0.0146. The number of hydrogen-bond acceptors (Lipinski definition) is 4. The molecule has 0 aliphatic carbocycles. The number of aromatic nitrogens is 2. The molecule has 0 bridgehead atoms. The van der Waals surface area contributed by atoms with Gasteiger partial charge in [-0.1, -0.05) is 11.6 Å². The van der Waals surface area contributed by atoms with Crippen molar-refractivity contribution in [3.05, 3.63) is 21.8 Å². The van der Waals surface area contributed by atoms with Gasteiger partial charge in [0.1, 0.15) is 5.69 Å². The highest BCUT2D eigenvalue weighted by molar-refractivity contribution is 6.31. The van der Waals surface area contributed by atoms with Crippen LogP contribution < -0.4 is 11.3 Å². The maximum absolute atomic E-state index is 11.6. The molecule has 0 radical (unpaired) electrons. The first-order chi connectivity index (χ1) is 7.37. The Kier molecular flexibility index (Phi) is 3.55. The van der Waals surface area contributed by atoms with Gasteiger partial charge in [0.15, 0.2) is 5.15 Å².